The minimum absolute atomic E-state index is 0.0196. The first-order valence-corrected chi connectivity index (χ1v) is 23.5. The Morgan fingerprint density at radius 1 is 1.05 bits per heavy atom. The Morgan fingerprint density at radius 2 is 1.64 bits per heavy atom. The fourth-order valence-corrected chi connectivity index (χ4v) is 10.7. The zero-order chi connectivity index (χ0) is 31.9. The Morgan fingerprint density at radius 3 is 2.21 bits per heavy atom. The van der Waals surface area contributed by atoms with Gasteiger partial charge in [-0.1, -0.05) is 91.5 Å². The van der Waals surface area contributed by atoms with Gasteiger partial charge < -0.3 is 8.85 Å². The van der Waals surface area contributed by atoms with E-state index in [4.69, 9.17) is 8.85 Å². The minimum Gasteiger partial charge on any atom is -0.413 e. The Kier molecular flexibility index (Phi) is 11.3. The highest BCUT2D eigenvalue weighted by Crippen LogP contribution is 2.59. The van der Waals surface area contributed by atoms with E-state index in [1.165, 1.54) is 55.0 Å². The lowest BCUT2D eigenvalue weighted by Gasteiger charge is -2.46. The molecule has 3 fully saturated rings. The molecule has 240 valence electrons. The second-order valence-electron chi connectivity index (χ2n) is 17.1. The van der Waals surface area contributed by atoms with Gasteiger partial charge in [-0.15, -0.1) is 0 Å². The molecule has 3 aliphatic rings. The van der Waals surface area contributed by atoms with E-state index in [9.17, 15) is 4.79 Å². The molecule has 0 heterocycles. The summed E-state index contributed by atoms with van der Waals surface area (Å²) in [4.78, 5) is 11.7. The van der Waals surface area contributed by atoms with Gasteiger partial charge in [0.15, 0.2) is 21.8 Å². The Hall–Kier alpha value is -0.406. The molecule has 3 rings (SSSR count). The van der Waals surface area contributed by atoms with Gasteiger partial charge in [0.1, 0.15) is 0 Å². The van der Waals surface area contributed by atoms with Crippen molar-refractivity contribution in [3.63, 3.8) is 0 Å². The molecule has 0 aromatic heterocycles. The van der Waals surface area contributed by atoms with Crippen LogP contribution in [0, 0.1) is 23.2 Å². The fraction of sp³-hybridized carbons (Fsp3) is 0.806. The van der Waals surface area contributed by atoms with Crippen LogP contribution in [0.15, 0.2) is 35.5 Å². The third-order valence-electron chi connectivity index (χ3n) is 12.0. The molecule has 0 amide bonds. The molecule has 0 N–H and O–H groups in total. The van der Waals surface area contributed by atoms with Crippen molar-refractivity contribution in [1.82, 2.24) is 0 Å². The summed E-state index contributed by atoms with van der Waals surface area (Å²) in [6.45, 7) is 34.7. The number of carbonyl (C=O) groups is 1. The highest BCUT2D eigenvalue weighted by atomic mass is 32.2. The lowest BCUT2D eigenvalue weighted by Crippen LogP contribution is -2.49. The first-order valence-electron chi connectivity index (χ1n) is 16.7. The first-order chi connectivity index (χ1) is 19.1. The summed E-state index contributed by atoms with van der Waals surface area (Å²) < 4.78 is 14.1. The number of allylic oxidation sites excluding steroid dienone is 3. The van der Waals surface area contributed by atoms with Crippen LogP contribution >= 0.6 is 11.8 Å². The molecule has 0 spiro atoms. The molecule has 0 aromatic rings. The van der Waals surface area contributed by atoms with E-state index in [-0.39, 0.29) is 27.4 Å². The molecule has 0 saturated heterocycles. The Bertz CT molecular complexity index is 1060. The predicted molar refractivity (Wildman–Crippen MR) is 189 cm³/mol. The first kappa shape index (κ1) is 36.1. The number of fused-ring (bicyclic) bond motifs is 1. The van der Waals surface area contributed by atoms with Gasteiger partial charge in [-0.3, -0.25) is 4.79 Å². The number of hydrogen-bond acceptors (Lipinski definition) is 4. The standard InChI is InChI=1S/C36H64O3SSi2/c1-25(24-40-27(3)37)31-19-20-32-28(16-15-21-36(31,32)10)17-18-29-22-30(38-41(11,12)34(4,5)6)23-33(26(29)2)39-42(13,14)35(7,8)9/h17-18,25,30-33H,2,15-16,19-24H2,1,3-14H3/b28-17+,29-18+/t25-,30-,31-,32+,33+,36-/m1/s1. The molecule has 0 aromatic carbocycles. The summed E-state index contributed by atoms with van der Waals surface area (Å²) in [5.74, 6) is 2.87. The Labute approximate surface area is 266 Å². The van der Waals surface area contributed by atoms with Crippen molar-refractivity contribution in [2.75, 3.05) is 5.75 Å². The SMILES string of the molecule is C=C1/C(=C/C=C2\CCC[C@]3(C)[C@@H]([C@H](C)CSC(C)=O)CC[C@@H]23)C[C@@H](O[Si](C)(C)C(C)(C)C)C[C@@H]1O[Si](C)(C)C(C)(C)C. The molecule has 3 aliphatic carbocycles. The topological polar surface area (TPSA) is 35.5 Å². The lowest BCUT2D eigenvalue weighted by molar-refractivity contribution is -0.109. The summed E-state index contributed by atoms with van der Waals surface area (Å²) >= 11 is 1.51. The van der Waals surface area contributed by atoms with Crippen LogP contribution in [0.5, 0.6) is 0 Å². The van der Waals surface area contributed by atoms with Gasteiger partial charge in [0.2, 0.25) is 0 Å². The van der Waals surface area contributed by atoms with Crippen molar-refractivity contribution in [3.05, 3.63) is 35.5 Å². The molecule has 6 heteroatoms. The van der Waals surface area contributed by atoms with Crippen LogP contribution in [-0.4, -0.2) is 39.7 Å². The molecule has 0 bridgehead atoms. The summed E-state index contributed by atoms with van der Waals surface area (Å²) in [6, 6.07) is 0. The van der Waals surface area contributed by atoms with Gasteiger partial charge in [-0.25, -0.2) is 0 Å². The molecular weight excluding hydrogens is 569 g/mol. The van der Waals surface area contributed by atoms with Crippen molar-refractivity contribution in [3.8, 4) is 0 Å². The molecule has 0 unspecified atom stereocenters. The largest absolute Gasteiger partial charge is 0.413 e. The number of hydrogen-bond donors (Lipinski definition) is 0. The maximum atomic E-state index is 11.7. The minimum atomic E-state index is -1.97. The van der Waals surface area contributed by atoms with E-state index in [1.54, 1.807) is 12.5 Å². The highest BCUT2D eigenvalue weighted by Gasteiger charge is 2.51. The van der Waals surface area contributed by atoms with Crippen LogP contribution in [0.2, 0.25) is 36.3 Å². The normalized spacial score (nSPS) is 32.4. The van der Waals surface area contributed by atoms with E-state index in [0.29, 0.717) is 23.2 Å². The van der Waals surface area contributed by atoms with Crippen LogP contribution in [0.4, 0.5) is 0 Å². The molecule has 6 atom stereocenters. The number of thioether (sulfide) groups is 1. The summed E-state index contributed by atoms with van der Waals surface area (Å²) in [5, 5.41) is 0.573. The van der Waals surface area contributed by atoms with Gasteiger partial charge in [0.25, 0.3) is 0 Å². The van der Waals surface area contributed by atoms with Crippen LogP contribution in [0.1, 0.15) is 107 Å². The van der Waals surface area contributed by atoms with Crippen molar-refractivity contribution < 1.29 is 13.6 Å². The third-order valence-corrected chi connectivity index (χ3v) is 22.1. The zero-order valence-electron chi connectivity index (χ0n) is 29.5. The lowest BCUT2D eigenvalue weighted by atomic mass is 9.61. The molecular formula is C36H64O3SSi2. The average molecular weight is 633 g/mol. The zero-order valence-corrected chi connectivity index (χ0v) is 32.4. The van der Waals surface area contributed by atoms with Gasteiger partial charge in [0.05, 0.1) is 12.2 Å². The Balaban J connectivity index is 1.90. The molecule has 3 saturated carbocycles. The maximum Gasteiger partial charge on any atom is 0.192 e. The molecule has 0 radical (unpaired) electrons. The van der Waals surface area contributed by atoms with Crippen molar-refractivity contribution in [2.24, 2.45) is 23.2 Å². The van der Waals surface area contributed by atoms with Gasteiger partial charge in [-0.05, 0) is 109 Å². The highest BCUT2D eigenvalue weighted by molar-refractivity contribution is 8.13. The van der Waals surface area contributed by atoms with E-state index < -0.39 is 16.6 Å². The quantitative estimate of drug-likeness (QED) is 0.249. The number of carbonyl (C=O) groups excluding carboxylic acids is 1. The van der Waals surface area contributed by atoms with E-state index in [0.717, 1.165) is 18.6 Å². The molecule has 3 nitrogen and oxygen atoms in total. The van der Waals surface area contributed by atoms with E-state index in [2.05, 4.69) is 100 Å². The van der Waals surface area contributed by atoms with Gasteiger partial charge in [0, 0.05) is 19.1 Å². The molecule has 42 heavy (non-hydrogen) atoms. The van der Waals surface area contributed by atoms with Crippen LogP contribution in [0.3, 0.4) is 0 Å². The fourth-order valence-electron chi connectivity index (χ4n) is 7.34. The summed E-state index contributed by atoms with van der Waals surface area (Å²) in [7, 11) is -3.90. The predicted octanol–water partition coefficient (Wildman–Crippen LogP) is 11.1. The average Bonchev–Trinajstić information content (AvgIpc) is 3.19. The van der Waals surface area contributed by atoms with Crippen LogP contribution in [0.25, 0.3) is 0 Å². The number of rotatable bonds is 8. The van der Waals surface area contributed by atoms with E-state index >= 15 is 0 Å². The summed E-state index contributed by atoms with van der Waals surface area (Å²) in [5.41, 5.74) is 4.47. The molecule has 0 aliphatic heterocycles. The smallest absolute Gasteiger partial charge is 0.192 e. The van der Waals surface area contributed by atoms with Gasteiger partial charge in [-0.2, -0.15) is 0 Å². The van der Waals surface area contributed by atoms with Gasteiger partial charge >= 0.3 is 0 Å². The van der Waals surface area contributed by atoms with Crippen LogP contribution in [-0.2, 0) is 13.6 Å². The maximum absolute atomic E-state index is 11.7. The second kappa shape index (κ2) is 13.1. The third kappa shape index (κ3) is 8.05. The monoisotopic (exact) mass is 632 g/mol. The summed E-state index contributed by atoms with van der Waals surface area (Å²) in [6.07, 6.45) is 13.3. The van der Waals surface area contributed by atoms with Crippen molar-refractivity contribution >= 4 is 33.5 Å². The van der Waals surface area contributed by atoms with Crippen molar-refractivity contribution in [2.45, 2.75) is 156 Å². The van der Waals surface area contributed by atoms with E-state index in [1.807, 2.05) is 0 Å². The van der Waals surface area contributed by atoms with Crippen LogP contribution < -0.4 is 0 Å². The van der Waals surface area contributed by atoms with Crippen molar-refractivity contribution in [1.29, 1.82) is 0 Å². The second-order valence-corrected chi connectivity index (χ2v) is 27.9.